The second kappa shape index (κ2) is 11.9. The molecule has 1 amide bonds. The van der Waals surface area contributed by atoms with Crippen molar-refractivity contribution in [3.63, 3.8) is 0 Å². The standard InChI is InChI=1S/C39H64N2O5/c1-34(2)14-16-39(33(44)45-8)17-15-37(6)27(28(39)25-34)10-11-30-36(5)24-26(31(42)35(3,4)29(36)12-13-38(30,37)7)32(43)40-18-9-19-41-20-22-46-23-21-41/h10,26,28-31,42H,9,11-25H2,1-8H3,(H,40,43). The number of nitrogens with one attached hydrogen (secondary N) is 1. The number of hydrogen-bond donors (Lipinski definition) is 2. The van der Waals surface area contributed by atoms with Crippen LogP contribution in [0.25, 0.3) is 0 Å². The number of allylic oxidation sites excluding steroid dienone is 2. The van der Waals surface area contributed by atoms with Crippen molar-refractivity contribution in [3.8, 4) is 0 Å². The number of rotatable bonds is 6. The SMILES string of the molecule is COC(=O)C12CCC(C)(C)CC1C1=CCC3C4(C)CC(C(=O)NCCCN5CCOCC5)C(O)C(C)(C)C4CCC3(C)C1(C)CC2. The normalized spacial score (nSPS) is 44.8. The number of ether oxygens (including phenoxy) is 2. The summed E-state index contributed by atoms with van der Waals surface area (Å²) >= 11 is 0. The number of aliphatic hydroxyl groups is 1. The van der Waals surface area contributed by atoms with Crippen LogP contribution in [-0.4, -0.2) is 74.5 Å². The summed E-state index contributed by atoms with van der Waals surface area (Å²) in [6.07, 6.45) is 11.7. The molecule has 0 aromatic rings. The van der Waals surface area contributed by atoms with Crippen LogP contribution in [0.5, 0.6) is 0 Å². The molecule has 6 aliphatic rings. The Morgan fingerprint density at radius 3 is 2.37 bits per heavy atom. The second-order valence-electron chi connectivity index (χ2n) is 18.5. The fourth-order valence-electron chi connectivity index (χ4n) is 12.7. The number of carbonyl (C=O) groups excluding carboxylic acids is 2. The van der Waals surface area contributed by atoms with E-state index in [9.17, 15) is 14.7 Å². The van der Waals surface area contributed by atoms with Crippen molar-refractivity contribution in [1.29, 1.82) is 0 Å². The highest BCUT2D eigenvalue weighted by atomic mass is 16.5. The molecule has 7 nitrogen and oxygen atoms in total. The van der Waals surface area contributed by atoms with E-state index in [4.69, 9.17) is 9.47 Å². The van der Waals surface area contributed by atoms with Crippen LogP contribution in [0.1, 0.15) is 113 Å². The molecule has 5 fully saturated rings. The quantitative estimate of drug-likeness (QED) is 0.199. The van der Waals surface area contributed by atoms with Crippen LogP contribution in [0.4, 0.5) is 0 Å². The lowest BCUT2D eigenvalue weighted by Gasteiger charge is -2.71. The molecule has 0 aromatic carbocycles. The minimum atomic E-state index is -0.653. The van der Waals surface area contributed by atoms with Gasteiger partial charge in [0.25, 0.3) is 0 Å². The van der Waals surface area contributed by atoms with E-state index in [1.54, 1.807) is 7.11 Å². The van der Waals surface area contributed by atoms with Gasteiger partial charge >= 0.3 is 5.97 Å². The molecule has 0 aromatic heterocycles. The predicted octanol–water partition coefficient (Wildman–Crippen LogP) is 6.39. The number of fused-ring (bicyclic) bond motifs is 7. The van der Waals surface area contributed by atoms with Crippen molar-refractivity contribution in [2.24, 2.45) is 56.2 Å². The molecule has 0 spiro atoms. The van der Waals surface area contributed by atoms with Crippen molar-refractivity contribution in [1.82, 2.24) is 10.2 Å². The van der Waals surface area contributed by atoms with Gasteiger partial charge in [-0.2, -0.15) is 0 Å². The van der Waals surface area contributed by atoms with Crippen LogP contribution >= 0.6 is 0 Å². The van der Waals surface area contributed by atoms with E-state index in [0.29, 0.717) is 18.4 Å². The fraction of sp³-hybridized carbons (Fsp3) is 0.897. The first kappa shape index (κ1) is 34.4. The number of amides is 1. The Hall–Kier alpha value is -1.44. The average Bonchev–Trinajstić information content (AvgIpc) is 3.01. The number of hydrogen-bond acceptors (Lipinski definition) is 6. The molecule has 1 saturated heterocycles. The molecule has 46 heavy (non-hydrogen) atoms. The Morgan fingerprint density at radius 2 is 1.67 bits per heavy atom. The minimum absolute atomic E-state index is 0.000661. The Labute approximate surface area is 279 Å². The molecule has 7 heteroatoms. The largest absolute Gasteiger partial charge is 0.469 e. The molecule has 2 N–H and O–H groups in total. The van der Waals surface area contributed by atoms with Gasteiger partial charge in [-0.1, -0.05) is 60.1 Å². The van der Waals surface area contributed by atoms with E-state index < -0.39 is 17.4 Å². The molecule has 0 radical (unpaired) electrons. The fourth-order valence-corrected chi connectivity index (χ4v) is 12.7. The topological polar surface area (TPSA) is 88.1 Å². The molecule has 1 heterocycles. The first-order valence-corrected chi connectivity index (χ1v) is 18.6. The third kappa shape index (κ3) is 5.14. The highest BCUT2D eigenvalue weighted by Gasteiger charge is 2.70. The maximum Gasteiger partial charge on any atom is 0.312 e. The number of esters is 1. The first-order chi connectivity index (χ1) is 21.6. The van der Waals surface area contributed by atoms with Gasteiger partial charge in [0.05, 0.1) is 37.8 Å². The van der Waals surface area contributed by atoms with Gasteiger partial charge in [0.15, 0.2) is 0 Å². The van der Waals surface area contributed by atoms with Gasteiger partial charge in [0, 0.05) is 19.6 Å². The number of aliphatic hydroxyl groups excluding tert-OH is 1. The summed E-state index contributed by atoms with van der Waals surface area (Å²) < 4.78 is 11.0. The third-order valence-electron chi connectivity index (χ3n) is 15.6. The van der Waals surface area contributed by atoms with Crippen LogP contribution in [-0.2, 0) is 19.1 Å². The maximum atomic E-state index is 13.9. The van der Waals surface area contributed by atoms with Crippen LogP contribution in [0.3, 0.4) is 0 Å². The number of carbonyl (C=O) groups is 2. The van der Waals surface area contributed by atoms with E-state index in [2.05, 4.69) is 64.8 Å². The summed E-state index contributed by atoms with van der Waals surface area (Å²) in [5.41, 5.74) is 0.966. The van der Waals surface area contributed by atoms with Gasteiger partial charge in [0.1, 0.15) is 0 Å². The molecule has 260 valence electrons. The molecule has 0 bridgehead atoms. The molecule has 5 aliphatic carbocycles. The lowest BCUT2D eigenvalue weighted by atomic mass is 9.33. The summed E-state index contributed by atoms with van der Waals surface area (Å²) in [6.45, 7) is 21.9. The number of nitrogens with zero attached hydrogens (tertiary/aromatic N) is 1. The Bertz CT molecular complexity index is 1220. The van der Waals surface area contributed by atoms with Crippen molar-refractivity contribution < 1.29 is 24.2 Å². The average molecular weight is 641 g/mol. The Kier molecular flexibility index (Phi) is 8.88. The zero-order valence-corrected chi connectivity index (χ0v) is 30.3. The highest BCUT2D eigenvalue weighted by Crippen LogP contribution is 2.76. The van der Waals surface area contributed by atoms with Gasteiger partial charge in [-0.05, 0) is 116 Å². The smallest absolute Gasteiger partial charge is 0.312 e. The zero-order chi connectivity index (χ0) is 33.3. The summed E-state index contributed by atoms with van der Waals surface area (Å²) in [6, 6.07) is 0. The molecular weight excluding hydrogens is 576 g/mol. The van der Waals surface area contributed by atoms with Crippen LogP contribution in [0, 0.1) is 56.2 Å². The Morgan fingerprint density at radius 1 is 0.978 bits per heavy atom. The van der Waals surface area contributed by atoms with E-state index in [1.165, 1.54) is 5.57 Å². The van der Waals surface area contributed by atoms with Crippen molar-refractivity contribution in [3.05, 3.63) is 11.6 Å². The summed E-state index contributed by atoms with van der Waals surface area (Å²) in [5.74, 6) is 0.615. The van der Waals surface area contributed by atoms with E-state index in [-0.39, 0.29) is 44.9 Å². The highest BCUT2D eigenvalue weighted by molar-refractivity contribution is 5.80. The van der Waals surface area contributed by atoms with Crippen molar-refractivity contribution in [2.75, 3.05) is 46.5 Å². The molecule has 4 saturated carbocycles. The predicted molar refractivity (Wildman–Crippen MR) is 181 cm³/mol. The van der Waals surface area contributed by atoms with Gasteiger partial charge in [-0.15, -0.1) is 0 Å². The number of methoxy groups -OCH3 is 1. The molecule has 1 aliphatic heterocycles. The van der Waals surface area contributed by atoms with E-state index in [0.717, 1.165) is 97.1 Å². The van der Waals surface area contributed by atoms with Crippen LogP contribution in [0.15, 0.2) is 11.6 Å². The zero-order valence-electron chi connectivity index (χ0n) is 30.3. The Balaban J connectivity index is 1.27. The lowest BCUT2D eigenvalue weighted by Crippen LogP contribution is -2.67. The molecule has 9 unspecified atom stereocenters. The second-order valence-corrected chi connectivity index (χ2v) is 18.5. The number of morpholine rings is 1. The van der Waals surface area contributed by atoms with Crippen LogP contribution in [0.2, 0.25) is 0 Å². The van der Waals surface area contributed by atoms with E-state index >= 15 is 0 Å². The first-order valence-electron chi connectivity index (χ1n) is 18.6. The molecule has 9 atom stereocenters. The monoisotopic (exact) mass is 640 g/mol. The third-order valence-corrected chi connectivity index (χ3v) is 15.6. The van der Waals surface area contributed by atoms with Gasteiger partial charge in [-0.25, -0.2) is 0 Å². The summed E-state index contributed by atoms with van der Waals surface area (Å²) in [7, 11) is 1.58. The van der Waals surface area contributed by atoms with Crippen LogP contribution < -0.4 is 5.32 Å². The van der Waals surface area contributed by atoms with Gasteiger partial charge < -0.3 is 19.9 Å². The van der Waals surface area contributed by atoms with E-state index in [1.807, 2.05) is 0 Å². The van der Waals surface area contributed by atoms with Gasteiger partial charge in [0.2, 0.25) is 5.91 Å². The summed E-state index contributed by atoms with van der Waals surface area (Å²) in [5, 5.41) is 15.1. The van der Waals surface area contributed by atoms with Crippen molar-refractivity contribution >= 4 is 11.9 Å². The minimum Gasteiger partial charge on any atom is -0.469 e. The van der Waals surface area contributed by atoms with Gasteiger partial charge in [-0.3, -0.25) is 14.5 Å². The lowest BCUT2D eigenvalue weighted by molar-refractivity contribution is -0.220. The molecular formula is C39H64N2O5. The molecule has 6 rings (SSSR count). The summed E-state index contributed by atoms with van der Waals surface area (Å²) in [4.78, 5) is 29.9. The van der Waals surface area contributed by atoms with Crippen molar-refractivity contribution in [2.45, 2.75) is 119 Å². The maximum absolute atomic E-state index is 13.9.